The van der Waals surface area contributed by atoms with E-state index < -0.39 is 17.3 Å². The molecule has 0 bridgehead atoms. The lowest BCUT2D eigenvalue weighted by Gasteiger charge is -2.41. The summed E-state index contributed by atoms with van der Waals surface area (Å²) in [5.41, 5.74) is 0.327. The molecule has 1 amide bonds. The van der Waals surface area contributed by atoms with E-state index in [2.05, 4.69) is 16.5 Å². The van der Waals surface area contributed by atoms with Gasteiger partial charge in [0.2, 0.25) is 5.91 Å². The van der Waals surface area contributed by atoms with Crippen LogP contribution in [0.5, 0.6) is 5.75 Å². The Morgan fingerprint density at radius 3 is 2.68 bits per heavy atom. The van der Waals surface area contributed by atoms with E-state index in [1.807, 2.05) is 11.8 Å². The van der Waals surface area contributed by atoms with Crippen molar-refractivity contribution < 1.29 is 23.0 Å². The number of carbonyl (C=O) groups is 1. The van der Waals surface area contributed by atoms with Crippen molar-refractivity contribution in [2.75, 3.05) is 64.0 Å². The van der Waals surface area contributed by atoms with Crippen LogP contribution in [0.4, 0.5) is 14.6 Å². The van der Waals surface area contributed by atoms with E-state index >= 15 is 4.39 Å². The summed E-state index contributed by atoms with van der Waals surface area (Å²) in [5, 5.41) is 0.768. The lowest BCUT2D eigenvalue weighted by molar-refractivity contribution is -0.126. The highest BCUT2D eigenvalue weighted by Crippen LogP contribution is 2.47. The van der Waals surface area contributed by atoms with Crippen LogP contribution in [-0.2, 0) is 9.53 Å². The van der Waals surface area contributed by atoms with Crippen molar-refractivity contribution in [2.45, 2.75) is 19.0 Å². The first-order valence-electron chi connectivity index (χ1n) is 13.6. The molecule has 9 nitrogen and oxygen atoms in total. The zero-order chi connectivity index (χ0) is 28.8. The number of rotatable bonds is 5. The lowest BCUT2D eigenvalue weighted by atomic mass is 9.99. The van der Waals surface area contributed by atoms with Crippen LogP contribution in [0, 0.1) is 11.6 Å². The number of ether oxygens (including phenoxy) is 2. The van der Waals surface area contributed by atoms with Crippen molar-refractivity contribution in [3.63, 3.8) is 0 Å². The smallest absolute Gasteiger partial charge is 0.350 e. The highest BCUT2D eigenvalue weighted by Gasteiger charge is 2.35. The molecule has 41 heavy (non-hydrogen) atoms. The molecule has 0 N–H and O–H groups in total. The van der Waals surface area contributed by atoms with Gasteiger partial charge in [0.25, 0.3) is 0 Å². The second-order valence-electron chi connectivity index (χ2n) is 10.6. The third-order valence-electron chi connectivity index (χ3n) is 8.04. The molecule has 3 aromatic rings. The topological polar surface area (TPSA) is 80.1 Å². The van der Waals surface area contributed by atoms with Crippen LogP contribution in [0.25, 0.3) is 22.0 Å². The first-order chi connectivity index (χ1) is 19.8. The third kappa shape index (κ3) is 4.96. The number of carbonyl (C=O) groups excluding carboxylic acids is 1. The summed E-state index contributed by atoms with van der Waals surface area (Å²) < 4.78 is 42.3. The van der Waals surface area contributed by atoms with E-state index in [9.17, 15) is 14.0 Å². The third-order valence-corrected chi connectivity index (χ3v) is 8.34. The summed E-state index contributed by atoms with van der Waals surface area (Å²) >= 11 is 6.81. The summed E-state index contributed by atoms with van der Waals surface area (Å²) in [6, 6.07) is 4.42. The molecule has 0 saturated carbocycles. The highest BCUT2D eigenvalue weighted by molar-refractivity contribution is 6.35. The predicted molar refractivity (Wildman–Crippen MR) is 152 cm³/mol. The summed E-state index contributed by atoms with van der Waals surface area (Å²) in [5.74, 6) is -0.986. The van der Waals surface area contributed by atoms with Crippen LogP contribution in [0.1, 0.15) is 13.0 Å². The number of benzene rings is 2. The molecule has 2 aromatic carbocycles. The summed E-state index contributed by atoms with van der Waals surface area (Å²) in [6.07, 6.45) is 1.29. The summed E-state index contributed by atoms with van der Waals surface area (Å²) in [6.45, 7) is 10.2. The summed E-state index contributed by atoms with van der Waals surface area (Å²) in [4.78, 5) is 36.5. The Labute approximate surface area is 240 Å². The number of amides is 1. The van der Waals surface area contributed by atoms with Crippen LogP contribution in [0.15, 0.2) is 41.7 Å². The van der Waals surface area contributed by atoms with Crippen molar-refractivity contribution in [2.24, 2.45) is 0 Å². The minimum Gasteiger partial charge on any atom is -0.488 e. The van der Waals surface area contributed by atoms with Gasteiger partial charge in [-0.25, -0.2) is 13.6 Å². The van der Waals surface area contributed by atoms with Gasteiger partial charge in [0.05, 0.1) is 29.8 Å². The fourth-order valence-corrected chi connectivity index (χ4v) is 6.34. The molecule has 2 saturated heterocycles. The molecular weight excluding hydrogens is 556 g/mol. The quantitative estimate of drug-likeness (QED) is 0.424. The number of anilines is 1. The molecule has 4 heterocycles. The zero-order valence-corrected chi connectivity index (χ0v) is 23.4. The molecule has 2 atom stereocenters. The molecule has 216 valence electrons. The van der Waals surface area contributed by atoms with Crippen molar-refractivity contribution in [3.8, 4) is 16.9 Å². The molecule has 2 fully saturated rings. The maximum atomic E-state index is 15.1. The van der Waals surface area contributed by atoms with E-state index in [-0.39, 0.29) is 46.5 Å². The average molecular weight is 586 g/mol. The number of aromatic nitrogens is 2. The van der Waals surface area contributed by atoms with E-state index in [1.165, 1.54) is 12.1 Å². The Balaban J connectivity index is 1.53. The Kier molecular flexibility index (Phi) is 7.43. The molecule has 0 spiro atoms. The van der Waals surface area contributed by atoms with Gasteiger partial charge in [0.1, 0.15) is 24.1 Å². The van der Waals surface area contributed by atoms with E-state index in [0.717, 1.165) is 25.2 Å². The number of piperazine rings is 1. The second kappa shape index (κ2) is 11.0. The maximum absolute atomic E-state index is 15.1. The molecule has 1 unspecified atom stereocenters. The number of hydrogen-bond donors (Lipinski definition) is 0. The van der Waals surface area contributed by atoms with Crippen LogP contribution in [0.3, 0.4) is 0 Å². The SMILES string of the molecule is C=CC(=O)N1CCN(c2nc(=O)n3c4c(c(-c5ccc(F)cc5F)c(Cl)cc24)OCC3CN2CCOCC2)[C@@H](C)C1. The molecule has 0 aliphatic carbocycles. The number of morpholine rings is 1. The van der Waals surface area contributed by atoms with Crippen molar-refractivity contribution in [1.29, 1.82) is 0 Å². The monoisotopic (exact) mass is 585 g/mol. The predicted octanol–water partition coefficient (Wildman–Crippen LogP) is 3.48. The van der Waals surface area contributed by atoms with Gasteiger partial charge in [-0.05, 0) is 31.2 Å². The van der Waals surface area contributed by atoms with Crippen LogP contribution < -0.4 is 15.3 Å². The van der Waals surface area contributed by atoms with Crippen LogP contribution >= 0.6 is 11.6 Å². The molecule has 6 rings (SSSR count). The van der Waals surface area contributed by atoms with E-state index in [0.29, 0.717) is 56.1 Å². The van der Waals surface area contributed by atoms with Gasteiger partial charge in [-0.15, -0.1) is 0 Å². The molecule has 3 aliphatic heterocycles. The van der Waals surface area contributed by atoms with Gasteiger partial charge in [0, 0.05) is 67.9 Å². The Hall–Kier alpha value is -3.54. The fraction of sp³-hybridized carbons (Fsp3) is 0.414. The van der Waals surface area contributed by atoms with Gasteiger partial charge in [-0.3, -0.25) is 14.3 Å². The van der Waals surface area contributed by atoms with E-state index in [4.69, 9.17) is 21.1 Å². The molecule has 0 radical (unpaired) electrons. The molecule has 12 heteroatoms. The number of hydrogen-bond acceptors (Lipinski definition) is 7. The minimum atomic E-state index is -0.790. The van der Waals surface area contributed by atoms with Gasteiger partial charge in [0.15, 0.2) is 5.75 Å². The minimum absolute atomic E-state index is 0.0715. The maximum Gasteiger partial charge on any atom is 0.350 e. The number of nitrogens with zero attached hydrogens (tertiary/aromatic N) is 5. The fourth-order valence-electron chi connectivity index (χ4n) is 6.04. The molecule has 3 aliphatic rings. The van der Waals surface area contributed by atoms with Gasteiger partial charge in [-0.2, -0.15) is 4.98 Å². The van der Waals surface area contributed by atoms with Crippen molar-refractivity contribution in [1.82, 2.24) is 19.4 Å². The molecule has 1 aromatic heterocycles. The zero-order valence-electron chi connectivity index (χ0n) is 22.6. The lowest BCUT2D eigenvalue weighted by Crippen LogP contribution is -2.54. The Bertz CT molecular complexity index is 1590. The van der Waals surface area contributed by atoms with Crippen LogP contribution in [0.2, 0.25) is 5.02 Å². The van der Waals surface area contributed by atoms with Crippen molar-refractivity contribution in [3.05, 3.63) is 64.1 Å². The standard InChI is InChI=1S/C29H30ClF2N5O4/c1-3-24(38)35-6-7-36(17(2)14-35)28-21-13-22(30)25(20-5-4-18(31)12-23(20)32)27-26(21)37(29(39)33-28)19(16-41-27)15-34-8-10-40-11-9-34/h3-5,12-13,17,19H,1,6-11,14-16H2,2H3/t17-,19?/m0/s1. The first kappa shape index (κ1) is 27.6. The largest absolute Gasteiger partial charge is 0.488 e. The average Bonchev–Trinajstić information content (AvgIpc) is 2.96. The van der Waals surface area contributed by atoms with Gasteiger partial charge in [-0.1, -0.05) is 18.2 Å². The Morgan fingerprint density at radius 2 is 1.98 bits per heavy atom. The van der Waals surface area contributed by atoms with Crippen molar-refractivity contribution >= 4 is 34.2 Å². The highest BCUT2D eigenvalue weighted by atomic mass is 35.5. The summed E-state index contributed by atoms with van der Waals surface area (Å²) in [7, 11) is 0. The molecular formula is C29H30ClF2N5O4. The van der Waals surface area contributed by atoms with Gasteiger partial charge >= 0.3 is 5.69 Å². The normalized spacial score (nSPS) is 21.2. The van der Waals surface area contributed by atoms with E-state index in [1.54, 1.807) is 15.5 Å². The first-order valence-corrected chi connectivity index (χ1v) is 14.0. The van der Waals surface area contributed by atoms with Gasteiger partial charge < -0.3 is 19.3 Å². The number of halogens is 3. The van der Waals surface area contributed by atoms with Crippen LogP contribution in [-0.4, -0.2) is 90.4 Å². The Morgan fingerprint density at radius 1 is 1.20 bits per heavy atom. The second-order valence-corrected chi connectivity index (χ2v) is 11.0.